The fourth-order valence-corrected chi connectivity index (χ4v) is 2.95. The summed E-state index contributed by atoms with van der Waals surface area (Å²) in [6, 6.07) is 4.60. The Labute approximate surface area is 149 Å². The van der Waals surface area contributed by atoms with Gasteiger partial charge < -0.3 is 16.4 Å². The van der Waals surface area contributed by atoms with Crippen LogP contribution in [-0.2, 0) is 4.79 Å². The maximum absolute atomic E-state index is 13.5. The van der Waals surface area contributed by atoms with E-state index in [1.165, 1.54) is 12.1 Å². The van der Waals surface area contributed by atoms with Crippen LogP contribution < -0.4 is 16.4 Å². The number of carbonyl (C=O) groups excluding carboxylic acids is 1. The third-order valence-corrected chi connectivity index (χ3v) is 3.98. The third-order valence-electron chi connectivity index (χ3n) is 3.98. The van der Waals surface area contributed by atoms with Crippen LogP contribution >= 0.6 is 24.8 Å². The number of nitrogens with two attached hydrogens (primary N) is 1. The molecule has 132 valence electrons. The summed E-state index contributed by atoms with van der Waals surface area (Å²) in [5.74, 6) is -0.244. The molecule has 0 radical (unpaired) electrons. The molecule has 1 aliphatic carbocycles. The summed E-state index contributed by atoms with van der Waals surface area (Å²) in [7, 11) is 0. The molecule has 0 heterocycles. The maximum atomic E-state index is 13.5. The number of benzene rings is 1. The van der Waals surface area contributed by atoms with Gasteiger partial charge in [-0.25, -0.2) is 4.39 Å². The van der Waals surface area contributed by atoms with Crippen LogP contribution in [0.5, 0.6) is 0 Å². The predicted molar refractivity (Wildman–Crippen MR) is 98.2 cm³/mol. The van der Waals surface area contributed by atoms with Gasteiger partial charge in [0.05, 0.1) is 11.4 Å². The van der Waals surface area contributed by atoms with Crippen molar-refractivity contribution in [1.29, 1.82) is 0 Å². The van der Waals surface area contributed by atoms with Crippen LogP contribution in [0.2, 0.25) is 0 Å². The van der Waals surface area contributed by atoms with E-state index in [1.807, 2.05) is 13.8 Å². The summed E-state index contributed by atoms with van der Waals surface area (Å²) < 4.78 is 13.5. The van der Waals surface area contributed by atoms with Crippen LogP contribution in [0, 0.1) is 17.7 Å². The van der Waals surface area contributed by atoms with Crippen molar-refractivity contribution in [2.75, 3.05) is 17.2 Å². The van der Waals surface area contributed by atoms with E-state index in [4.69, 9.17) is 5.73 Å². The number of halogens is 3. The Hall–Kier alpha value is -1.04. The fourth-order valence-electron chi connectivity index (χ4n) is 2.95. The van der Waals surface area contributed by atoms with Crippen molar-refractivity contribution < 1.29 is 9.18 Å². The zero-order chi connectivity index (χ0) is 15.4. The number of nitrogens with one attached hydrogen (secondary N) is 2. The molecule has 1 aromatic rings. The molecular formula is C16H26Cl2FN3O. The summed E-state index contributed by atoms with van der Waals surface area (Å²) in [5, 5.41) is 6.08. The van der Waals surface area contributed by atoms with Gasteiger partial charge in [0.1, 0.15) is 5.82 Å². The largest absolute Gasteiger partial charge is 0.381 e. The van der Waals surface area contributed by atoms with Crippen molar-refractivity contribution in [3.63, 3.8) is 0 Å². The number of rotatable bonds is 5. The minimum atomic E-state index is -0.360. The first-order valence-electron chi connectivity index (χ1n) is 7.58. The Bertz CT molecular complexity index is 514. The van der Waals surface area contributed by atoms with Crippen molar-refractivity contribution in [3.05, 3.63) is 24.0 Å². The highest BCUT2D eigenvalue weighted by atomic mass is 35.5. The Morgan fingerprint density at radius 1 is 1.30 bits per heavy atom. The van der Waals surface area contributed by atoms with Crippen molar-refractivity contribution in [1.82, 2.24) is 0 Å². The number of hydrogen-bond acceptors (Lipinski definition) is 3. The van der Waals surface area contributed by atoms with Gasteiger partial charge in [0, 0.05) is 12.0 Å². The highest BCUT2D eigenvalue weighted by Gasteiger charge is 2.32. The minimum absolute atomic E-state index is 0. The Balaban J connectivity index is 0.00000242. The molecule has 0 spiro atoms. The molecule has 0 aromatic heterocycles. The van der Waals surface area contributed by atoms with Crippen LogP contribution in [0.4, 0.5) is 15.8 Å². The second-order valence-electron chi connectivity index (χ2n) is 6.01. The molecule has 23 heavy (non-hydrogen) atoms. The van der Waals surface area contributed by atoms with Crippen LogP contribution in [-0.4, -0.2) is 18.5 Å². The van der Waals surface area contributed by atoms with Gasteiger partial charge in [0.25, 0.3) is 0 Å². The second kappa shape index (κ2) is 9.96. The van der Waals surface area contributed by atoms with Gasteiger partial charge in [-0.2, -0.15) is 0 Å². The van der Waals surface area contributed by atoms with Crippen LogP contribution in [0.15, 0.2) is 18.2 Å². The monoisotopic (exact) mass is 365 g/mol. The van der Waals surface area contributed by atoms with E-state index in [-0.39, 0.29) is 54.4 Å². The molecule has 1 aliphatic rings. The van der Waals surface area contributed by atoms with Crippen molar-refractivity contribution in [2.45, 2.75) is 39.2 Å². The molecule has 4 N–H and O–H groups in total. The SMILES string of the molecule is CC(C)Nc1ccc(F)cc1NC(=O)[C@@H]1CCC[C@@H]1CN.Cl.Cl. The van der Waals surface area contributed by atoms with Crippen molar-refractivity contribution in [3.8, 4) is 0 Å². The van der Waals surface area contributed by atoms with E-state index in [1.54, 1.807) is 6.07 Å². The Morgan fingerprint density at radius 2 is 2.00 bits per heavy atom. The molecule has 2 rings (SSSR count). The van der Waals surface area contributed by atoms with Crippen LogP contribution in [0.25, 0.3) is 0 Å². The van der Waals surface area contributed by atoms with Crippen LogP contribution in [0.3, 0.4) is 0 Å². The average Bonchev–Trinajstić information content (AvgIpc) is 2.90. The van der Waals surface area contributed by atoms with Crippen LogP contribution in [0.1, 0.15) is 33.1 Å². The van der Waals surface area contributed by atoms with Gasteiger partial charge in [-0.1, -0.05) is 6.42 Å². The molecule has 1 saturated carbocycles. The average molecular weight is 366 g/mol. The molecule has 1 amide bonds. The van der Waals surface area contributed by atoms with Gasteiger partial charge in [-0.15, -0.1) is 24.8 Å². The highest BCUT2D eigenvalue weighted by Crippen LogP contribution is 2.33. The normalized spacial score (nSPS) is 19.7. The third kappa shape index (κ3) is 5.83. The molecule has 0 aliphatic heterocycles. The molecule has 2 atom stereocenters. The topological polar surface area (TPSA) is 67.1 Å². The summed E-state index contributed by atoms with van der Waals surface area (Å²) in [6.07, 6.45) is 2.88. The molecule has 1 aromatic carbocycles. The zero-order valence-corrected chi connectivity index (χ0v) is 15.1. The number of hydrogen-bond donors (Lipinski definition) is 3. The molecule has 1 fully saturated rings. The number of carbonyl (C=O) groups is 1. The summed E-state index contributed by atoms with van der Waals surface area (Å²) >= 11 is 0. The van der Waals surface area contributed by atoms with Gasteiger partial charge in [-0.05, 0) is 57.4 Å². The quantitative estimate of drug-likeness (QED) is 0.743. The highest BCUT2D eigenvalue weighted by molar-refractivity contribution is 5.96. The maximum Gasteiger partial charge on any atom is 0.227 e. The van der Waals surface area contributed by atoms with E-state index < -0.39 is 0 Å². The van der Waals surface area contributed by atoms with Gasteiger partial charge in [0.2, 0.25) is 5.91 Å². The molecule has 0 saturated heterocycles. The van der Waals surface area contributed by atoms with Crippen molar-refractivity contribution >= 4 is 42.1 Å². The first-order valence-corrected chi connectivity index (χ1v) is 7.58. The molecular weight excluding hydrogens is 340 g/mol. The van der Waals surface area contributed by atoms with E-state index in [0.29, 0.717) is 12.2 Å². The van der Waals surface area contributed by atoms with Crippen molar-refractivity contribution in [2.24, 2.45) is 17.6 Å². The first kappa shape index (κ1) is 22.0. The lowest BCUT2D eigenvalue weighted by atomic mass is 9.95. The summed E-state index contributed by atoms with van der Waals surface area (Å²) in [5.41, 5.74) is 6.96. The fraction of sp³-hybridized carbons (Fsp3) is 0.562. The molecule has 0 unspecified atom stereocenters. The lowest BCUT2D eigenvalue weighted by Gasteiger charge is -2.20. The zero-order valence-electron chi connectivity index (χ0n) is 13.5. The van der Waals surface area contributed by atoms with Gasteiger partial charge in [-0.3, -0.25) is 4.79 Å². The van der Waals surface area contributed by atoms with E-state index >= 15 is 0 Å². The van der Waals surface area contributed by atoms with E-state index in [0.717, 1.165) is 24.9 Å². The Morgan fingerprint density at radius 3 is 2.61 bits per heavy atom. The second-order valence-corrected chi connectivity index (χ2v) is 6.01. The standard InChI is InChI=1S/C16H24FN3O.2ClH/c1-10(2)19-14-7-6-12(17)8-15(14)20-16(21)13-5-3-4-11(13)9-18;;/h6-8,10-11,13,19H,3-5,9,18H2,1-2H3,(H,20,21);2*1H/t11-,13-;;/m1../s1. The lowest BCUT2D eigenvalue weighted by Crippen LogP contribution is -2.30. The van der Waals surface area contributed by atoms with E-state index in [9.17, 15) is 9.18 Å². The smallest absolute Gasteiger partial charge is 0.227 e. The minimum Gasteiger partial charge on any atom is -0.381 e. The number of anilines is 2. The summed E-state index contributed by atoms with van der Waals surface area (Å²) in [4.78, 5) is 12.4. The number of amides is 1. The Kier molecular flexibility index (Phi) is 9.51. The van der Waals surface area contributed by atoms with Gasteiger partial charge >= 0.3 is 0 Å². The molecule has 0 bridgehead atoms. The predicted octanol–water partition coefficient (Wildman–Crippen LogP) is 3.80. The molecule has 7 heteroatoms. The van der Waals surface area contributed by atoms with E-state index in [2.05, 4.69) is 10.6 Å². The van der Waals surface area contributed by atoms with Gasteiger partial charge in [0.15, 0.2) is 0 Å². The first-order chi connectivity index (χ1) is 10.0. The summed E-state index contributed by atoms with van der Waals surface area (Å²) in [6.45, 7) is 4.52. The molecule has 4 nitrogen and oxygen atoms in total. The lowest BCUT2D eigenvalue weighted by molar-refractivity contribution is -0.120.